The molecule has 0 bridgehead atoms. The number of thioether (sulfide) groups is 1. The van der Waals surface area contributed by atoms with E-state index in [0.717, 1.165) is 41.3 Å². The molecule has 5 nitrogen and oxygen atoms in total. The molecule has 1 aliphatic rings. The number of nitrogens with two attached hydrogens (primary N) is 1. The summed E-state index contributed by atoms with van der Waals surface area (Å²) >= 11 is 1.97. The molecular formula is C13H18N4OS. The number of nitrogens with zero attached hydrogens (tertiary/aromatic N) is 3. The average Bonchev–Trinajstić information content (AvgIpc) is 2.64. The lowest BCUT2D eigenvalue weighted by Gasteiger charge is -2.29. The molecule has 0 amide bonds. The Morgan fingerprint density at radius 2 is 1.84 bits per heavy atom. The Morgan fingerprint density at radius 3 is 2.53 bits per heavy atom. The molecule has 1 fully saturated rings. The van der Waals surface area contributed by atoms with Crippen LogP contribution in [0.15, 0.2) is 16.9 Å². The van der Waals surface area contributed by atoms with Gasteiger partial charge < -0.3 is 10.6 Å². The van der Waals surface area contributed by atoms with E-state index in [1.165, 1.54) is 0 Å². The van der Waals surface area contributed by atoms with Crippen molar-refractivity contribution in [3.05, 3.63) is 22.6 Å². The van der Waals surface area contributed by atoms with Crippen molar-refractivity contribution in [1.29, 1.82) is 0 Å². The van der Waals surface area contributed by atoms with Gasteiger partial charge in [0.15, 0.2) is 0 Å². The van der Waals surface area contributed by atoms with Crippen LogP contribution in [-0.2, 0) is 14.1 Å². The minimum Gasteiger partial charge on any atom is -0.399 e. The summed E-state index contributed by atoms with van der Waals surface area (Å²) in [6.45, 7) is 2.01. The number of anilines is 2. The predicted octanol–water partition coefficient (Wildman–Crippen LogP) is 1.01. The van der Waals surface area contributed by atoms with Crippen LogP contribution in [0, 0.1) is 0 Å². The molecule has 0 aliphatic carbocycles. The molecule has 1 aromatic heterocycles. The van der Waals surface area contributed by atoms with Crippen LogP contribution in [0.1, 0.15) is 0 Å². The Bertz CT molecular complexity index is 682. The summed E-state index contributed by atoms with van der Waals surface area (Å²) in [5.41, 5.74) is 9.67. The van der Waals surface area contributed by atoms with E-state index in [2.05, 4.69) is 4.90 Å². The van der Waals surface area contributed by atoms with E-state index < -0.39 is 0 Å². The predicted molar refractivity (Wildman–Crippen MR) is 82.1 cm³/mol. The maximum atomic E-state index is 12.1. The van der Waals surface area contributed by atoms with Crippen LogP contribution in [0.25, 0.3) is 11.0 Å². The van der Waals surface area contributed by atoms with Gasteiger partial charge in [-0.15, -0.1) is 0 Å². The number of fused-ring (bicyclic) bond motifs is 1. The smallest absolute Gasteiger partial charge is 0.328 e. The van der Waals surface area contributed by atoms with E-state index in [-0.39, 0.29) is 5.69 Å². The minimum atomic E-state index is -0.00626. The fourth-order valence-corrected chi connectivity index (χ4v) is 3.60. The largest absolute Gasteiger partial charge is 0.399 e. The standard InChI is InChI=1S/C13H18N4OS/c1-15-10-7-9(14)8-11(12(10)16(2)13(15)18)17-3-5-19-6-4-17/h7-8H,3-6,14H2,1-2H3. The number of rotatable bonds is 1. The monoisotopic (exact) mass is 278 g/mol. The molecular weight excluding hydrogens is 260 g/mol. The maximum Gasteiger partial charge on any atom is 0.328 e. The molecule has 2 N–H and O–H groups in total. The molecule has 0 spiro atoms. The fourth-order valence-electron chi connectivity index (χ4n) is 2.69. The van der Waals surface area contributed by atoms with Gasteiger partial charge in [0.2, 0.25) is 0 Å². The van der Waals surface area contributed by atoms with Gasteiger partial charge in [0.1, 0.15) is 0 Å². The summed E-state index contributed by atoms with van der Waals surface area (Å²) in [6.07, 6.45) is 0. The van der Waals surface area contributed by atoms with Crippen molar-refractivity contribution in [2.45, 2.75) is 0 Å². The SMILES string of the molecule is Cn1c(=O)n(C)c2c(N3CCSCC3)cc(N)cc21. The zero-order chi connectivity index (χ0) is 13.6. The third-order valence-corrected chi connectivity index (χ3v) is 4.66. The van der Waals surface area contributed by atoms with Gasteiger partial charge >= 0.3 is 5.69 Å². The topological polar surface area (TPSA) is 56.2 Å². The summed E-state index contributed by atoms with van der Waals surface area (Å²) < 4.78 is 3.37. The molecule has 0 atom stereocenters. The van der Waals surface area contributed by atoms with Crippen LogP contribution < -0.4 is 16.3 Å². The first kappa shape index (κ1) is 12.5. The van der Waals surface area contributed by atoms with Gasteiger partial charge in [-0.05, 0) is 12.1 Å². The van der Waals surface area contributed by atoms with Crippen molar-refractivity contribution < 1.29 is 0 Å². The molecule has 1 aromatic carbocycles. The number of aryl methyl sites for hydroxylation is 2. The number of hydrogen-bond acceptors (Lipinski definition) is 4. The molecule has 0 saturated carbocycles. The van der Waals surface area contributed by atoms with Crippen molar-refractivity contribution >= 4 is 34.2 Å². The third kappa shape index (κ3) is 1.90. The Balaban J connectivity index is 2.28. The first-order chi connectivity index (χ1) is 9.09. The highest BCUT2D eigenvalue weighted by atomic mass is 32.2. The van der Waals surface area contributed by atoms with Crippen LogP contribution in [0.2, 0.25) is 0 Å². The van der Waals surface area contributed by atoms with Gasteiger partial charge in [-0.2, -0.15) is 11.8 Å². The van der Waals surface area contributed by atoms with E-state index in [9.17, 15) is 4.79 Å². The normalized spacial score (nSPS) is 16.2. The molecule has 2 aromatic rings. The zero-order valence-electron chi connectivity index (χ0n) is 11.2. The maximum absolute atomic E-state index is 12.1. The Kier molecular flexibility index (Phi) is 2.97. The van der Waals surface area contributed by atoms with Crippen molar-refractivity contribution in [2.24, 2.45) is 14.1 Å². The Labute approximate surface area is 116 Å². The molecule has 2 heterocycles. The van der Waals surface area contributed by atoms with Crippen LogP contribution >= 0.6 is 11.8 Å². The molecule has 102 valence electrons. The number of hydrogen-bond donors (Lipinski definition) is 1. The van der Waals surface area contributed by atoms with Crippen LogP contribution in [-0.4, -0.2) is 33.7 Å². The first-order valence-electron chi connectivity index (χ1n) is 6.37. The van der Waals surface area contributed by atoms with E-state index in [4.69, 9.17) is 5.73 Å². The molecule has 3 rings (SSSR count). The average molecular weight is 278 g/mol. The Morgan fingerprint density at radius 1 is 1.16 bits per heavy atom. The second kappa shape index (κ2) is 4.52. The van der Waals surface area contributed by atoms with Crippen molar-refractivity contribution in [1.82, 2.24) is 9.13 Å². The van der Waals surface area contributed by atoms with Gasteiger partial charge in [0.05, 0.1) is 16.7 Å². The van der Waals surface area contributed by atoms with Crippen molar-refractivity contribution in [3.8, 4) is 0 Å². The van der Waals surface area contributed by atoms with E-state index in [1.54, 1.807) is 16.2 Å². The zero-order valence-corrected chi connectivity index (χ0v) is 12.0. The van der Waals surface area contributed by atoms with E-state index in [1.807, 2.05) is 30.9 Å². The second-order valence-electron chi connectivity index (χ2n) is 4.91. The van der Waals surface area contributed by atoms with E-state index in [0.29, 0.717) is 5.69 Å². The summed E-state index contributed by atoms with van der Waals surface area (Å²) in [4.78, 5) is 14.4. The molecule has 1 saturated heterocycles. The molecule has 0 unspecified atom stereocenters. The van der Waals surface area contributed by atoms with Crippen molar-refractivity contribution in [3.63, 3.8) is 0 Å². The van der Waals surface area contributed by atoms with Crippen LogP contribution in [0.5, 0.6) is 0 Å². The van der Waals surface area contributed by atoms with Gasteiger partial charge in [-0.3, -0.25) is 9.13 Å². The number of imidazole rings is 1. The van der Waals surface area contributed by atoms with Gasteiger partial charge in [-0.25, -0.2) is 4.79 Å². The van der Waals surface area contributed by atoms with Gasteiger partial charge in [-0.1, -0.05) is 0 Å². The molecule has 0 radical (unpaired) electrons. The Hall–Kier alpha value is -1.56. The highest BCUT2D eigenvalue weighted by Gasteiger charge is 2.19. The summed E-state index contributed by atoms with van der Waals surface area (Å²) in [6, 6.07) is 3.86. The molecule has 19 heavy (non-hydrogen) atoms. The minimum absolute atomic E-state index is 0.00626. The number of aromatic nitrogens is 2. The quantitative estimate of drug-likeness (QED) is 0.791. The fraction of sp³-hybridized carbons (Fsp3) is 0.462. The van der Waals surface area contributed by atoms with Crippen molar-refractivity contribution in [2.75, 3.05) is 35.2 Å². The van der Waals surface area contributed by atoms with Gasteiger partial charge in [0, 0.05) is 44.4 Å². The summed E-state index contributed by atoms with van der Waals surface area (Å²) in [5.74, 6) is 2.24. The van der Waals surface area contributed by atoms with Crippen LogP contribution in [0.4, 0.5) is 11.4 Å². The van der Waals surface area contributed by atoms with Crippen LogP contribution in [0.3, 0.4) is 0 Å². The lowest BCUT2D eigenvalue weighted by atomic mass is 10.2. The number of benzene rings is 1. The molecule has 1 aliphatic heterocycles. The highest BCUT2D eigenvalue weighted by molar-refractivity contribution is 7.99. The number of nitrogen functional groups attached to an aromatic ring is 1. The highest BCUT2D eigenvalue weighted by Crippen LogP contribution is 2.30. The first-order valence-corrected chi connectivity index (χ1v) is 7.52. The lowest BCUT2D eigenvalue weighted by Crippen LogP contribution is -2.33. The second-order valence-corrected chi connectivity index (χ2v) is 6.13. The third-order valence-electron chi connectivity index (χ3n) is 3.71. The van der Waals surface area contributed by atoms with E-state index >= 15 is 0 Å². The van der Waals surface area contributed by atoms with Gasteiger partial charge in [0.25, 0.3) is 0 Å². The lowest BCUT2D eigenvalue weighted by molar-refractivity contribution is 0.792. The summed E-state index contributed by atoms with van der Waals surface area (Å²) in [7, 11) is 3.61. The summed E-state index contributed by atoms with van der Waals surface area (Å²) in [5, 5.41) is 0. The molecule has 6 heteroatoms.